The van der Waals surface area contributed by atoms with Crippen LogP contribution < -0.4 is 4.72 Å². The minimum atomic E-state index is -8.81. The molecule has 0 spiro atoms. The van der Waals surface area contributed by atoms with E-state index < -0.39 is 70.0 Å². The van der Waals surface area contributed by atoms with Crippen LogP contribution in [-0.2, 0) is 10.0 Å². The predicted molar refractivity (Wildman–Crippen MR) is 80.7 cm³/mol. The molecule has 0 heterocycles. The monoisotopic (exact) mass is 587 g/mol. The molecule has 0 rings (SSSR count). The summed E-state index contributed by atoms with van der Waals surface area (Å²) in [6, 6.07) is 0. The fourth-order valence-corrected chi connectivity index (χ4v) is 2.77. The number of aliphatic hydroxyl groups is 1. The molecule has 22 heteroatoms. The van der Waals surface area contributed by atoms with Crippen molar-refractivity contribution in [1.82, 2.24) is 4.72 Å². The summed E-state index contributed by atoms with van der Waals surface area (Å²) in [6.07, 6.45) is -8.39. The van der Waals surface area contributed by atoms with Gasteiger partial charge < -0.3 is 5.11 Å². The highest BCUT2D eigenvalue weighted by atomic mass is 32.2. The molecule has 0 saturated carbocycles. The molecular formula is C13H14F17NO3S. The molecule has 0 atom stereocenters. The Hall–Kier alpha value is -1.32. The first kappa shape index (κ1) is 35.8. The normalized spacial score (nSPS) is 15.5. The van der Waals surface area contributed by atoms with E-state index in [0.717, 1.165) is 6.92 Å². The lowest BCUT2D eigenvalue weighted by atomic mass is 9.91. The zero-order chi connectivity index (χ0) is 29.3. The lowest BCUT2D eigenvalue weighted by molar-refractivity contribution is -0.458. The van der Waals surface area contributed by atoms with Crippen molar-refractivity contribution in [2.24, 2.45) is 0 Å². The molecule has 0 fully saturated rings. The molecule has 4 nitrogen and oxygen atoms in total. The molecule has 0 bridgehead atoms. The van der Waals surface area contributed by atoms with Crippen LogP contribution >= 0.6 is 0 Å². The number of alkyl halides is 17. The number of hydrogen-bond acceptors (Lipinski definition) is 3. The molecule has 35 heavy (non-hydrogen) atoms. The molecule has 0 aromatic carbocycles. The Morgan fingerprint density at radius 3 is 1.09 bits per heavy atom. The highest BCUT2D eigenvalue weighted by molar-refractivity contribution is 7.90. The first-order valence-electron chi connectivity index (χ1n) is 8.29. The average molecular weight is 587 g/mol. The summed E-state index contributed by atoms with van der Waals surface area (Å²) in [5.74, 6) is -51.4. The summed E-state index contributed by atoms with van der Waals surface area (Å²) in [6.45, 7) is 1.62. The van der Waals surface area contributed by atoms with E-state index in [-0.39, 0.29) is 6.61 Å². The second-order valence-electron chi connectivity index (χ2n) is 6.17. The standard InChI is InChI=1S/C11H8F17NO2S.C2H6O/c1-2-3-29-32(30,31)11(27,28)9(22,23)7(18,19)5(14,15)4(12,13)6(16,17)8(20,21)10(24,25)26;1-2-3/h29H,2-3H2,1H3;3H,2H2,1H3. The van der Waals surface area contributed by atoms with E-state index >= 15 is 0 Å². The number of hydrogen-bond donors (Lipinski definition) is 2. The SMILES string of the molecule is CCCNS(=O)(=O)C(F)(F)C(F)(F)C(F)(F)C(F)(F)C(F)(F)C(F)(F)C(F)(F)C(F)(F)F.CCO. The van der Waals surface area contributed by atoms with Crippen LogP contribution in [0.3, 0.4) is 0 Å². The molecule has 0 unspecified atom stereocenters. The van der Waals surface area contributed by atoms with Crippen molar-refractivity contribution in [3.63, 3.8) is 0 Å². The van der Waals surface area contributed by atoms with Gasteiger partial charge in [0.05, 0.1) is 0 Å². The summed E-state index contributed by atoms with van der Waals surface area (Å²) in [4.78, 5) is 0. The second-order valence-corrected chi connectivity index (χ2v) is 7.98. The summed E-state index contributed by atoms with van der Waals surface area (Å²) in [7, 11) is -7.16. The van der Waals surface area contributed by atoms with Crippen LogP contribution in [0.25, 0.3) is 0 Å². The summed E-state index contributed by atoms with van der Waals surface area (Å²) < 4.78 is 243. The van der Waals surface area contributed by atoms with E-state index in [1.807, 2.05) is 0 Å². The van der Waals surface area contributed by atoms with Crippen LogP contribution in [0.5, 0.6) is 0 Å². The minimum absolute atomic E-state index is 0.250. The van der Waals surface area contributed by atoms with Gasteiger partial charge in [-0.1, -0.05) is 6.92 Å². The summed E-state index contributed by atoms with van der Waals surface area (Å²) >= 11 is 0. The number of aliphatic hydroxyl groups excluding tert-OH is 1. The number of halogens is 17. The van der Waals surface area contributed by atoms with Gasteiger partial charge in [-0.2, -0.15) is 74.6 Å². The Morgan fingerprint density at radius 2 is 0.829 bits per heavy atom. The fourth-order valence-electron chi connectivity index (χ4n) is 1.65. The van der Waals surface area contributed by atoms with E-state index in [0.29, 0.717) is 4.72 Å². The maximum Gasteiger partial charge on any atom is 0.460 e. The topological polar surface area (TPSA) is 66.4 Å². The molecule has 214 valence electrons. The van der Waals surface area contributed by atoms with E-state index in [4.69, 9.17) is 5.11 Å². The van der Waals surface area contributed by atoms with E-state index in [1.54, 1.807) is 6.92 Å². The molecule has 0 aliphatic heterocycles. The summed E-state index contributed by atoms with van der Waals surface area (Å²) in [5, 5.41) is 0.0695. The van der Waals surface area contributed by atoms with Crippen LogP contribution in [0.4, 0.5) is 74.6 Å². The molecule has 2 N–H and O–H groups in total. The zero-order valence-electron chi connectivity index (χ0n) is 16.7. The van der Waals surface area contributed by atoms with Gasteiger partial charge in [0.2, 0.25) is 0 Å². The van der Waals surface area contributed by atoms with Gasteiger partial charge in [0, 0.05) is 13.2 Å². The van der Waals surface area contributed by atoms with Gasteiger partial charge in [-0.25, -0.2) is 13.1 Å². The van der Waals surface area contributed by atoms with Crippen molar-refractivity contribution in [2.45, 2.75) is 67.2 Å². The maximum atomic E-state index is 13.5. The Bertz CT molecular complexity index is 807. The van der Waals surface area contributed by atoms with Crippen LogP contribution in [0.2, 0.25) is 0 Å². The second kappa shape index (κ2) is 10.2. The van der Waals surface area contributed by atoms with Crippen LogP contribution in [0, 0.1) is 0 Å². The lowest BCUT2D eigenvalue weighted by Gasteiger charge is -2.42. The third kappa shape index (κ3) is 5.37. The van der Waals surface area contributed by atoms with Gasteiger partial charge in [0.15, 0.2) is 0 Å². The quantitative estimate of drug-likeness (QED) is 0.342. The molecule has 0 aliphatic rings. The minimum Gasteiger partial charge on any atom is -0.397 e. The number of sulfonamides is 1. The fraction of sp³-hybridized carbons (Fsp3) is 1.00. The van der Waals surface area contributed by atoms with Gasteiger partial charge in [-0.05, 0) is 13.3 Å². The van der Waals surface area contributed by atoms with Crippen molar-refractivity contribution in [1.29, 1.82) is 0 Å². The van der Waals surface area contributed by atoms with E-state index in [9.17, 15) is 83.1 Å². The van der Waals surface area contributed by atoms with Gasteiger partial charge in [-0.15, -0.1) is 0 Å². The smallest absolute Gasteiger partial charge is 0.397 e. The van der Waals surface area contributed by atoms with Gasteiger partial charge in [-0.3, -0.25) is 0 Å². The Balaban J connectivity index is 0. The molecule has 0 radical (unpaired) electrons. The van der Waals surface area contributed by atoms with Gasteiger partial charge >= 0.3 is 47.0 Å². The molecule has 0 aromatic heterocycles. The van der Waals surface area contributed by atoms with Crippen LogP contribution in [0.1, 0.15) is 20.3 Å². The number of rotatable bonds is 10. The van der Waals surface area contributed by atoms with Crippen molar-refractivity contribution < 1.29 is 88.2 Å². The van der Waals surface area contributed by atoms with E-state index in [2.05, 4.69) is 0 Å². The molecule has 0 saturated heterocycles. The highest BCUT2D eigenvalue weighted by Crippen LogP contribution is 2.64. The maximum absolute atomic E-state index is 13.5. The Kier molecular flexibility index (Phi) is 10.5. The third-order valence-electron chi connectivity index (χ3n) is 3.57. The largest absolute Gasteiger partial charge is 0.460 e. The predicted octanol–water partition coefficient (Wildman–Crippen LogP) is 5.28. The van der Waals surface area contributed by atoms with Crippen LogP contribution in [-0.4, -0.2) is 73.6 Å². The molecule has 0 aliphatic carbocycles. The zero-order valence-corrected chi connectivity index (χ0v) is 17.5. The van der Waals surface area contributed by atoms with Gasteiger partial charge in [0.25, 0.3) is 10.0 Å². The Labute approximate surface area is 184 Å². The van der Waals surface area contributed by atoms with Gasteiger partial charge in [0.1, 0.15) is 0 Å². The van der Waals surface area contributed by atoms with Crippen molar-refractivity contribution >= 4 is 10.0 Å². The average Bonchev–Trinajstić information content (AvgIpc) is 2.64. The molecule has 0 amide bonds. The van der Waals surface area contributed by atoms with E-state index in [1.165, 1.54) is 0 Å². The van der Waals surface area contributed by atoms with Crippen molar-refractivity contribution in [3.8, 4) is 0 Å². The molecule has 0 aromatic rings. The lowest BCUT2D eigenvalue weighted by Crippen LogP contribution is -2.75. The van der Waals surface area contributed by atoms with Crippen molar-refractivity contribution in [2.75, 3.05) is 13.2 Å². The van der Waals surface area contributed by atoms with Crippen molar-refractivity contribution in [3.05, 3.63) is 0 Å². The first-order valence-corrected chi connectivity index (χ1v) is 9.77. The first-order chi connectivity index (χ1) is 15.0. The highest BCUT2D eigenvalue weighted by Gasteiger charge is 2.96. The summed E-state index contributed by atoms with van der Waals surface area (Å²) in [5.41, 5.74) is 0. The third-order valence-corrected chi connectivity index (χ3v) is 5.09. The molecular weight excluding hydrogens is 573 g/mol. The van der Waals surface area contributed by atoms with Crippen LogP contribution in [0.15, 0.2) is 0 Å². The number of nitrogens with one attached hydrogen (secondary N) is 1. The Morgan fingerprint density at radius 1 is 0.571 bits per heavy atom.